The summed E-state index contributed by atoms with van der Waals surface area (Å²) in [5.74, 6) is -2.29. The van der Waals surface area contributed by atoms with Crippen LogP contribution in [0.3, 0.4) is 0 Å². The van der Waals surface area contributed by atoms with Gasteiger partial charge in [-0.1, -0.05) is 13.0 Å². The third-order valence-corrected chi connectivity index (χ3v) is 2.65. The number of esters is 1. The van der Waals surface area contributed by atoms with Crippen molar-refractivity contribution in [3.8, 4) is 0 Å². The van der Waals surface area contributed by atoms with Crippen molar-refractivity contribution in [2.45, 2.75) is 26.7 Å². The van der Waals surface area contributed by atoms with E-state index in [0.717, 1.165) is 0 Å². The molecule has 5 heteroatoms. The summed E-state index contributed by atoms with van der Waals surface area (Å²) >= 11 is 0. The lowest BCUT2D eigenvalue weighted by Crippen LogP contribution is -2.28. The quantitative estimate of drug-likeness (QED) is 0.426. The highest BCUT2D eigenvalue weighted by molar-refractivity contribution is 6.05. The lowest BCUT2D eigenvalue weighted by atomic mass is 9.95. The molecule has 1 heterocycles. The Morgan fingerprint density at radius 2 is 2.00 bits per heavy atom. The summed E-state index contributed by atoms with van der Waals surface area (Å²) in [6, 6.07) is 4.93. The number of hydrogen-bond donors (Lipinski definition) is 0. The molecule has 0 aliphatic carbocycles. The average Bonchev–Trinajstić information content (AvgIpc) is 2.44. The second-order valence-electron chi connectivity index (χ2n) is 3.97. The maximum Gasteiger partial charge on any atom is 0.316 e. The van der Waals surface area contributed by atoms with Crippen molar-refractivity contribution >= 4 is 17.5 Å². The number of Topliss-reactive ketones (excluding diaryl/α,β-unsaturated/α-hetero) is 2. The van der Waals surface area contributed by atoms with Gasteiger partial charge >= 0.3 is 5.97 Å². The number of ether oxygens (including phenoxy) is 1. The van der Waals surface area contributed by atoms with Gasteiger partial charge in [0.25, 0.3) is 0 Å². The minimum absolute atomic E-state index is 0.185. The molecular weight excluding hydrogens is 246 g/mol. The van der Waals surface area contributed by atoms with Gasteiger partial charge in [0.1, 0.15) is 17.4 Å². The van der Waals surface area contributed by atoms with Crippen LogP contribution in [0.25, 0.3) is 0 Å². The molecule has 102 valence electrons. The van der Waals surface area contributed by atoms with Crippen molar-refractivity contribution < 1.29 is 19.1 Å². The summed E-state index contributed by atoms with van der Waals surface area (Å²) in [4.78, 5) is 39.3. The van der Waals surface area contributed by atoms with Gasteiger partial charge in [-0.15, -0.1) is 0 Å². The number of aromatic nitrogens is 1. The van der Waals surface area contributed by atoms with Crippen LogP contribution in [0.4, 0.5) is 0 Å². The maximum absolute atomic E-state index is 12.0. The smallest absolute Gasteiger partial charge is 0.316 e. The molecule has 0 radical (unpaired) electrons. The number of carbonyl (C=O) groups excluding carboxylic acids is 3. The largest absolute Gasteiger partial charge is 0.465 e. The summed E-state index contributed by atoms with van der Waals surface area (Å²) in [6.45, 7) is 3.50. The van der Waals surface area contributed by atoms with Gasteiger partial charge in [-0.2, -0.15) is 0 Å². The van der Waals surface area contributed by atoms with Crippen LogP contribution in [0.15, 0.2) is 24.4 Å². The summed E-state index contributed by atoms with van der Waals surface area (Å²) < 4.78 is 4.83. The fourth-order valence-corrected chi connectivity index (χ4v) is 1.64. The summed E-state index contributed by atoms with van der Waals surface area (Å²) in [7, 11) is 0. The van der Waals surface area contributed by atoms with Crippen LogP contribution in [-0.2, 0) is 14.3 Å². The van der Waals surface area contributed by atoms with Crippen molar-refractivity contribution in [1.29, 1.82) is 0 Å². The molecule has 1 unspecified atom stereocenters. The van der Waals surface area contributed by atoms with Gasteiger partial charge in [-0.3, -0.25) is 19.4 Å². The monoisotopic (exact) mass is 263 g/mol. The van der Waals surface area contributed by atoms with Crippen LogP contribution in [0.1, 0.15) is 37.2 Å². The van der Waals surface area contributed by atoms with Gasteiger partial charge in [0.15, 0.2) is 5.78 Å². The molecule has 1 aromatic heterocycles. The van der Waals surface area contributed by atoms with E-state index in [-0.39, 0.29) is 36.7 Å². The van der Waals surface area contributed by atoms with E-state index in [0.29, 0.717) is 0 Å². The molecule has 0 amide bonds. The number of rotatable bonds is 7. The third-order valence-electron chi connectivity index (χ3n) is 2.65. The third kappa shape index (κ3) is 4.28. The predicted octanol–water partition coefficient (Wildman–Crippen LogP) is 1.81. The van der Waals surface area contributed by atoms with E-state index in [1.807, 2.05) is 0 Å². The highest BCUT2D eigenvalue weighted by Crippen LogP contribution is 2.13. The zero-order chi connectivity index (χ0) is 14.3. The van der Waals surface area contributed by atoms with Crippen LogP contribution in [-0.4, -0.2) is 29.1 Å². The summed E-state index contributed by atoms with van der Waals surface area (Å²) in [6.07, 6.45) is 1.50. The van der Waals surface area contributed by atoms with Crippen LogP contribution in [0.5, 0.6) is 0 Å². The molecule has 1 atom stereocenters. The van der Waals surface area contributed by atoms with Crippen LogP contribution in [0, 0.1) is 5.92 Å². The van der Waals surface area contributed by atoms with Gasteiger partial charge in [0.05, 0.1) is 6.61 Å². The van der Waals surface area contributed by atoms with Crippen molar-refractivity contribution in [1.82, 2.24) is 4.98 Å². The summed E-state index contributed by atoms with van der Waals surface area (Å²) in [5.41, 5.74) is 0.251. The van der Waals surface area contributed by atoms with Crippen LogP contribution >= 0.6 is 0 Å². The maximum atomic E-state index is 12.0. The Morgan fingerprint density at radius 3 is 2.53 bits per heavy atom. The number of carbonyl (C=O) groups is 3. The molecule has 1 rings (SSSR count). The van der Waals surface area contributed by atoms with E-state index >= 15 is 0 Å². The van der Waals surface area contributed by atoms with E-state index in [1.54, 1.807) is 32.0 Å². The fourth-order valence-electron chi connectivity index (χ4n) is 1.64. The number of ketones is 2. The second kappa shape index (κ2) is 7.41. The Labute approximate surface area is 112 Å². The van der Waals surface area contributed by atoms with E-state index < -0.39 is 11.9 Å². The van der Waals surface area contributed by atoms with Crippen LogP contribution in [0.2, 0.25) is 0 Å². The molecule has 0 aromatic carbocycles. The molecule has 5 nitrogen and oxygen atoms in total. The van der Waals surface area contributed by atoms with Crippen LogP contribution < -0.4 is 0 Å². The fraction of sp³-hybridized carbons (Fsp3) is 0.429. The Bertz CT molecular complexity index is 456. The van der Waals surface area contributed by atoms with E-state index in [2.05, 4.69) is 4.98 Å². The minimum atomic E-state index is -1.03. The first-order chi connectivity index (χ1) is 9.10. The number of nitrogens with zero attached hydrogens (tertiary/aromatic N) is 1. The molecule has 0 N–H and O–H groups in total. The number of hydrogen-bond acceptors (Lipinski definition) is 5. The molecule has 0 fully saturated rings. The molecule has 1 aromatic rings. The topological polar surface area (TPSA) is 73.3 Å². The minimum Gasteiger partial charge on any atom is -0.465 e. The SMILES string of the molecule is CCOC(=O)C(CC(=O)c1ccccn1)C(=O)CC. The standard InChI is InChI=1S/C14H17NO4/c1-3-12(16)10(14(18)19-4-2)9-13(17)11-7-5-6-8-15-11/h5-8,10H,3-4,9H2,1-2H3. The van der Waals surface area contributed by atoms with Crippen molar-refractivity contribution in [3.05, 3.63) is 30.1 Å². The highest BCUT2D eigenvalue weighted by atomic mass is 16.5. The van der Waals surface area contributed by atoms with Gasteiger partial charge in [-0.05, 0) is 19.1 Å². The Morgan fingerprint density at radius 1 is 1.26 bits per heavy atom. The molecule has 0 aliphatic heterocycles. The molecule has 0 spiro atoms. The Hall–Kier alpha value is -2.04. The normalized spacial score (nSPS) is 11.7. The van der Waals surface area contributed by atoms with Gasteiger partial charge in [-0.25, -0.2) is 0 Å². The van der Waals surface area contributed by atoms with Gasteiger partial charge in [0.2, 0.25) is 0 Å². The van der Waals surface area contributed by atoms with Gasteiger partial charge < -0.3 is 4.74 Å². The molecule has 19 heavy (non-hydrogen) atoms. The van der Waals surface area contributed by atoms with Crippen molar-refractivity contribution in [2.24, 2.45) is 5.92 Å². The Kier molecular flexibility index (Phi) is 5.85. The molecule has 0 saturated heterocycles. The van der Waals surface area contributed by atoms with E-state index in [9.17, 15) is 14.4 Å². The van der Waals surface area contributed by atoms with Crippen molar-refractivity contribution in [3.63, 3.8) is 0 Å². The lowest BCUT2D eigenvalue weighted by molar-refractivity contribution is -0.151. The highest BCUT2D eigenvalue weighted by Gasteiger charge is 2.29. The van der Waals surface area contributed by atoms with Gasteiger partial charge in [0, 0.05) is 19.0 Å². The zero-order valence-corrected chi connectivity index (χ0v) is 11.1. The zero-order valence-electron chi connectivity index (χ0n) is 11.1. The molecular formula is C14H17NO4. The first kappa shape index (κ1) is 15.0. The number of pyridine rings is 1. The Balaban J connectivity index is 2.80. The molecule has 0 saturated carbocycles. The molecule has 0 bridgehead atoms. The molecule has 0 aliphatic rings. The predicted molar refractivity (Wildman–Crippen MR) is 68.6 cm³/mol. The first-order valence-electron chi connectivity index (χ1n) is 6.23. The lowest BCUT2D eigenvalue weighted by Gasteiger charge is -2.12. The van der Waals surface area contributed by atoms with Crippen molar-refractivity contribution in [2.75, 3.05) is 6.61 Å². The van der Waals surface area contributed by atoms with E-state index in [1.165, 1.54) is 6.20 Å². The van der Waals surface area contributed by atoms with E-state index in [4.69, 9.17) is 4.74 Å². The first-order valence-corrected chi connectivity index (χ1v) is 6.23. The average molecular weight is 263 g/mol. The second-order valence-corrected chi connectivity index (χ2v) is 3.97. The summed E-state index contributed by atoms with van der Waals surface area (Å²) in [5, 5.41) is 0.